The highest BCUT2D eigenvalue weighted by molar-refractivity contribution is 9.10. The zero-order valence-electron chi connectivity index (χ0n) is 9.69. The first kappa shape index (κ1) is 12.8. The molecule has 17 heavy (non-hydrogen) atoms. The van der Waals surface area contributed by atoms with E-state index in [0.29, 0.717) is 0 Å². The van der Waals surface area contributed by atoms with Gasteiger partial charge in [-0.15, -0.1) is 11.3 Å². The van der Waals surface area contributed by atoms with Crippen LogP contribution in [0.4, 0.5) is 0 Å². The molecule has 0 fully saturated rings. The molecule has 90 valence electrons. The molecule has 0 amide bonds. The van der Waals surface area contributed by atoms with Crippen LogP contribution in [0.25, 0.3) is 0 Å². The first-order valence-electron chi connectivity index (χ1n) is 5.63. The first-order chi connectivity index (χ1) is 8.16. The van der Waals surface area contributed by atoms with E-state index in [9.17, 15) is 5.11 Å². The molecule has 3 heteroatoms. The highest BCUT2D eigenvalue weighted by Gasteiger charge is 2.10. The van der Waals surface area contributed by atoms with Crippen molar-refractivity contribution in [2.45, 2.75) is 25.9 Å². The van der Waals surface area contributed by atoms with Crippen molar-refractivity contribution in [2.75, 3.05) is 0 Å². The summed E-state index contributed by atoms with van der Waals surface area (Å²) >= 11 is 5.18. The van der Waals surface area contributed by atoms with Gasteiger partial charge in [-0.2, -0.15) is 0 Å². The molecule has 1 heterocycles. The SMILES string of the molecule is Cc1cc(Br)ccc1C(O)CCc1cccs1. The van der Waals surface area contributed by atoms with Crippen LogP contribution in [0.15, 0.2) is 40.2 Å². The third-order valence-electron chi connectivity index (χ3n) is 2.84. The molecule has 1 aromatic heterocycles. The maximum absolute atomic E-state index is 10.2. The summed E-state index contributed by atoms with van der Waals surface area (Å²) in [5.41, 5.74) is 2.17. The van der Waals surface area contributed by atoms with Gasteiger partial charge in [0.15, 0.2) is 0 Å². The van der Waals surface area contributed by atoms with E-state index in [1.807, 2.05) is 25.1 Å². The van der Waals surface area contributed by atoms with Crippen molar-refractivity contribution >= 4 is 27.3 Å². The summed E-state index contributed by atoms with van der Waals surface area (Å²) in [6.45, 7) is 2.04. The Kier molecular flexibility index (Phi) is 4.37. The summed E-state index contributed by atoms with van der Waals surface area (Å²) in [4.78, 5) is 1.33. The van der Waals surface area contributed by atoms with E-state index < -0.39 is 0 Å². The summed E-state index contributed by atoms with van der Waals surface area (Å²) in [5.74, 6) is 0. The van der Waals surface area contributed by atoms with Crippen LogP contribution in [-0.2, 0) is 6.42 Å². The second-order valence-corrected chi connectivity index (χ2v) is 6.08. The topological polar surface area (TPSA) is 20.2 Å². The third kappa shape index (κ3) is 3.41. The van der Waals surface area contributed by atoms with Crippen molar-refractivity contribution in [2.24, 2.45) is 0 Å². The fraction of sp³-hybridized carbons (Fsp3) is 0.286. The molecule has 2 rings (SSSR count). The Balaban J connectivity index is 2.01. The van der Waals surface area contributed by atoms with Gasteiger partial charge in [0.2, 0.25) is 0 Å². The van der Waals surface area contributed by atoms with Gasteiger partial charge >= 0.3 is 0 Å². The third-order valence-corrected chi connectivity index (χ3v) is 4.26. The maximum atomic E-state index is 10.2. The predicted molar refractivity (Wildman–Crippen MR) is 76.5 cm³/mol. The highest BCUT2D eigenvalue weighted by atomic mass is 79.9. The first-order valence-corrected chi connectivity index (χ1v) is 7.30. The summed E-state index contributed by atoms with van der Waals surface area (Å²) < 4.78 is 1.06. The Morgan fingerprint density at radius 1 is 1.35 bits per heavy atom. The zero-order chi connectivity index (χ0) is 12.3. The van der Waals surface area contributed by atoms with E-state index in [1.165, 1.54) is 4.88 Å². The van der Waals surface area contributed by atoms with Crippen molar-refractivity contribution in [1.29, 1.82) is 0 Å². The van der Waals surface area contributed by atoms with Crippen LogP contribution in [0.2, 0.25) is 0 Å². The Labute approximate surface area is 114 Å². The van der Waals surface area contributed by atoms with E-state index >= 15 is 0 Å². The molecule has 0 aliphatic heterocycles. The molecular weight excluding hydrogens is 296 g/mol. The van der Waals surface area contributed by atoms with Gasteiger partial charge in [0.1, 0.15) is 0 Å². The number of halogens is 1. The lowest BCUT2D eigenvalue weighted by atomic mass is 10.00. The zero-order valence-corrected chi connectivity index (χ0v) is 12.1. The van der Waals surface area contributed by atoms with Gasteiger partial charge in [-0.25, -0.2) is 0 Å². The Bertz CT molecular complexity index is 479. The van der Waals surface area contributed by atoms with E-state index in [0.717, 1.165) is 28.4 Å². The summed E-state index contributed by atoms with van der Waals surface area (Å²) in [7, 11) is 0. The van der Waals surface area contributed by atoms with Crippen molar-refractivity contribution in [3.05, 3.63) is 56.2 Å². The van der Waals surface area contributed by atoms with Crippen LogP contribution < -0.4 is 0 Å². The molecule has 0 bridgehead atoms. The van der Waals surface area contributed by atoms with Crippen LogP contribution in [-0.4, -0.2) is 5.11 Å². The molecule has 0 saturated heterocycles. The number of hydrogen-bond acceptors (Lipinski definition) is 2. The number of aliphatic hydroxyl groups excluding tert-OH is 1. The average Bonchev–Trinajstić information content (AvgIpc) is 2.78. The fourth-order valence-corrected chi connectivity index (χ4v) is 3.10. The number of benzene rings is 1. The Hall–Kier alpha value is -0.640. The normalized spacial score (nSPS) is 12.6. The lowest BCUT2D eigenvalue weighted by Crippen LogP contribution is -2.01. The van der Waals surface area contributed by atoms with Crippen LogP contribution in [0.1, 0.15) is 28.5 Å². The Morgan fingerprint density at radius 2 is 2.18 bits per heavy atom. The minimum Gasteiger partial charge on any atom is -0.388 e. The monoisotopic (exact) mass is 310 g/mol. The molecule has 1 aromatic carbocycles. The van der Waals surface area contributed by atoms with Gasteiger partial charge in [0.05, 0.1) is 6.10 Å². The molecule has 1 unspecified atom stereocenters. The minimum atomic E-state index is -0.370. The Morgan fingerprint density at radius 3 is 2.82 bits per heavy atom. The van der Waals surface area contributed by atoms with Crippen LogP contribution in [0, 0.1) is 6.92 Å². The van der Waals surface area contributed by atoms with E-state index in [-0.39, 0.29) is 6.10 Å². The number of aryl methyl sites for hydroxylation is 2. The van der Waals surface area contributed by atoms with Crippen molar-refractivity contribution in [3.63, 3.8) is 0 Å². The quantitative estimate of drug-likeness (QED) is 0.882. The van der Waals surface area contributed by atoms with Gasteiger partial charge in [-0.3, -0.25) is 0 Å². The molecule has 0 aliphatic carbocycles. The van der Waals surface area contributed by atoms with Gasteiger partial charge in [0.25, 0.3) is 0 Å². The standard InChI is InChI=1S/C14H15BrOS/c1-10-9-11(15)4-6-13(10)14(16)7-5-12-3-2-8-17-12/h2-4,6,8-9,14,16H,5,7H2,1H3. The second kappa shape index (κ2) is 5.80. The van der Waals surface area contributed by atoms with E-state index in [2.05, 4.69) is 33.4 Å². The van der Waals surface area contributed by atoms with Crippen LogP contribution in [0.3, 0.4) is 0 Å². The van der Waals surface area contributed by atoms with E-state index in [4.69, 9.17) is 0 Å². The molecule has 0 aliphatic rings. The number of rotatable bonds is 4. The van der Waals surface area contributed by atoms with Gasteiger partial charge in [0, 0.05) is 9.35 Å². The van der Waals surface area contributed by atoms with Crippen molar-refractivity contribution < 1.29 is 5.11 Å². The highest BCUT2D eigenvalue weighted by Crippen LogP contribution is 2.25. The number of aliphatic hydroxyl groups is 1. The summed E-state index contributed by atoms with van der Waals surface area (Å²) in [6, 6.07) is 10.2. The molecule has 2 aromatic rings. The molecule has 0 spiro atoms. The molecule has 1 N–H and O–H groups in total. The van der Waals surface area contributed by atoms with Crippen molar-refractivity contribution in [3.8, 4) is 0 Å². The maximum Gasteiger partial charge on any atom is 0.0796 e. The average molecular weight is 311 g/mol. The number of thiophene rings is 1. The lowest BCUT2D eigenvalue weighted by molar-refractivity contribution is 0.167. The summed E-state index contributed by atoms with van der Waals surface area (Å²) in [6.07, 6.45) is 1.35. The fourth-order valence-electron chi connectivity index (χ4n) is 1.90. The van der Waals surface area contributed by atoms with Crippen LogP contribution >= 0.6 is 27.3 Å². The van der Waals surface area contributed by atoms with E-state index in [1.54, 1.807) is 11.3 Å². The molecular formula is C14H15BrOS. The number of hydrogen-bond donors (Lipinski definition) is 1. The minimum absolute atomic E-state index is 0.370. The molecule has 1 nitrogen and oxygen atoms in total. The van der Waals surface area contributed by atoms with Gasteiger partial charge in [-0.1, -0.05) is 28.1 Å². The smallest absolute Gasteiger partial charge is 0.0796 e. The van der Waals surface area contributed by atoms with Crippen LogP contribution in [0.5, 0.6) is 0 Å². The lowest BCUT2D eigenvalue weighted by Gasteiger charge is -2.13. The summed E-state index contributed by atoms with van der Waals surface area (Å²) in [5, 5.41) is 12.3. The van der Waals surface area contributed by atoms with Gasteiger partial charge in [-0.05, 0) is 54.5 Å². The van der Waals surface area contributed by atoms with Crippen molar-refractivity contribution in [1.82, 2.24) is 0 Å². The van der Waals surface area contributed by atoms with Gasteiger partial charge < -0.3 is 5.11 Å². The molecule has 0 saturated carbocycles. The molecule has 1 atom stereocenters. The second-order valence-electron chi connectivity index (χ2n) is 4.13. The largest absolute Gasteiger partial charge is 0.388 e. The predicted octanol–water partition coefficient (Wildman–Crippen LogP) is 4.49. The molecule has 0 radical (unpaired) electrons.